The number of nitrogens with zero attached hydrogens (tertiary/aromatic N) is 2. The minimum absolute atomic E-state index is 0.0766. The van der Waals surface area contributed by atoms with Crippen LogP contribution in [-0.2, 0) is 0 Å². The van der Waals surface area contributed by atoms with E-state index in [0.717, 1.165) is 30.4 Å². The Kier molecular flexibility index (Phi) is 2.64. The zero-order valence-electron chi connectivity index (χ0n) is 7.63. The zero-order chi connectivity index (χ0) is 9.19. The first-order chi connectivity index (χ1) is 5.56. The fourth-order valence-electron chi connectivity index (χ4n) is 1.15. The average molecular weight is 188 g/mol. The van der Waals surface area contributed by atoms with Crippen LogP contribution in [0.5, 0.6) is 0 Å². The van der Waals surface area contributed by atoms with Gasteiger partial charge < -0.3 is 0 Å². The van der Waals surface area contributed by atoms with Gasteiger partial charge in [0.05, 0.1) is 20.6 Å². The second kappa shape index (κ2) is 3.37. The van der Waals surface area contributed by atoms with Gasteiger partial charge in [-0.3, -0.25) is 9.28 Å². The van der Waals surface area contributed by atoms with Crippen molar-refractivity contribution >= 4 is 17.5 Å². The number of nitrogens with one attached hydrogen (secondary N) is 1. The Morgan fingerprint density at radius 1 is 1.58 bits per heavy atom. The molecule has 0 fully saturated rings. The Morgan fingerprint density at radius 2 is 2.25 bits per heavy atom. The summed E-state index contributed by atoms with van der Waals surface area (Å²) in [4.78, 5) is 13.5. The third-order valence-electron chi connectivity index (χ3n) is 1.78. The monoisotopic (exact) mass is 188 g/mol. The van der Waals surface area contributed by atoms with Crippen molar-refractivity contribution in [2.75, 3.05) is 20.6 Å². The summed E-state index contributed by atoms with van der Waals surface area (Å²) in [6, 6.07) is 0. The van der Waals surface area contributed by atoms with Crippen LogP contribution in [0.1, 0.15) is 13.3 Å². The van der Waals surface area contributed by atoms with Gasteiger partial charge in [0.25, 0.3) is 0 Å². The molecule has 0 saturated heterocycles. The van der Waals surface area contributed by atoms with Crippen LogP contribution in [-0.4, -0.2) is 30.0 Å². The van der Waals surface area contributed by atoms with Gasteiger partial charge in [-0.05, 0) is 6.42 Å². The molecule has 68 valence electrons. The van der Waals surface area contributed by atoms with Crippen molar-refractivity contribution in [1.82, 2.24) is 13.8 Å². The Hall–Kier alpha value is -0.680. The molecule has 0 aromatic carbocycles. The molecule has 0 aliphatic carbocycles. The molecule has 0 spiro atoms. The lowest BCUT2D eigenvalue weighted by molar-refractivity contribution is 0.381. The molecule has 0 unspecified atom stereocenters. The van der Waals surface area contributed by atoms with E-state index in [4.69, 9.17) is 0 Å². The minimum Gasteiger partial charge on any atom is -0.263 e. The van der Waals surface area contributed by atoms with Gasteiger partial charge in [0, 0.05) is 11.5 Å². The summed E-state index contributed by atoms with van der Waals surface area (Å²) in [5.41, 5.74) is 0. The quantitative estimate of drug-likeness (QED) is 0.713. The van der Waals surface area contributed by atoms with E-state index in [-0.39, 0.29) is 4.87 Å². The number of hydrogen-bond acceptors (Lipinski definition) is 3. The Bertz CT molecular complexity index is 302. The van der Waals surface area contributed by atoms with Crippen molar-refractivity contribution in [3.05, 3.63) is 9.67 Å². The highest BCUT2D eigenvalue weighted by molar-refractivity contribution is 7.03. The summed E-state index contributed by atoms with van der Waals surface area (Å²) in [6.07, 6.45) is 1.08. The van der Waals surface area contributed by atoms with Gasteiger partial charge in [-0.2, -0.15) is 0 Å². The maximum Gasteiger partial charge on any atom is 0.328 e. The summed E-state index contributed by atoms with van der Waals surface area (Å²) in [5, 5.41) is 0. The first kappa shape index (κ1) is 9.41. The van der Waals surface area contributed by atoms with E-state index in [1.807, 2.05) is 14.1 Å². The SMILES string of the molecule is CCC[N+](C)(C)c1nsc(=O)[nH]1. The molecule has 1 aromatic rings. The Labute approximate surface area is 75.6 Å². The van der Waals surface area contributed by atoms with Crippen LogP contribution in [0, 0.1) is 0 Å². The van der Waals surface area contributed by atoms with E-state index in [1.54, 1.807) is 0 Å². The van der Waals surface area contributed by atoms with Gasteiger partial charge in [0.1, 0.15) is 0 Å². The third-order valence-corrected chi connectivity index (χ3v) is 2.32. The van der Waals surface area contributed by atoms with Crippen LogP contribution >= 0.6 is 11.5 Å². The van der Waals surface area contributed by atoms with E-state index < -0.39 is 0 Å². The molecule has 0 aliphatic heterocycles. The zero-order valence-corrected chi connectivity index (χ0v) is 8.44. The van der Waals surface area contributed by atoms with Gasteiger partial charge in [0.15, 0.2) is 0 Å². The van der Waals surface area contributed by atoms with E-state index in [9.17, 15) is 4.79 Å². The maximum atomic E-state index is 10.8. The molecule has 1 rings (SSSR count). The first-order valence-corrected chi connectivity index (χ1v) is 4.73. The highest BCUT2D eigenvalue weighted by atomic mass is 32.1. The molecule has 4 nitrogen and oxygen atoms in total. The van der Waals surface area contributed by atoms with Gasteiger partial charge in [-0.25, -0.2) is 4.98 Å². The molecular weight excluding hydrogens is 174 g/mol. The number of rotatable bonds is 3. The van der Waals surface area contributed by atoms with Crippen molar-refractivity contribution in [1.29, 1.82) is 0 Å². The van der Waals surface area contributed by atoms with Gasteiger partial charge >= 0.3 is 10.8 Å². The summed E-state index contributed by atoms with van der Waals surface area (Å²) >= 11 is 0.980. The molecule has 0 atom stereocenters. The van der Waals surface area contributed by atoms with Crippen molar-refractivity contribution < 1.29 is 0 Å². The predicted molar refractivity (Wildman–Crippen MR) is 51.5 cm³/mol. The molecule has 1 heterocycles. The fourth-order valence-corrected chi connectivity index (χ4v) is 1.72. The third kappa shape index (κ3) is 1.92. The molecule has 1 N–H and O–H groups in total. The molecule has 0 amide bonds. The molecule has 0 radical (unpaired) electrons. The van der Waals surface area contributed by atoms with Gasteiger partial charge in [-0.1, -0.05) is 6.92 Å². The fraction of sp³-hybridized carbons (Fsp3) is 0.714. The summed E-state index contributed by atoms with van der Waals surface area (Å²) < 4.78 is 4.70. The van der Waals surface area contributed by atoms with E-state index >= 15 is 0 Å². The van der Waals surface area contributed by atoms with Gasteiger partial charge in [0.2, 0.25) is 0 Å². The second-order valence-electron chi connectivity index (χ2n) is 3.33. The summed E-state index contributed by atoms with van der Waals surface area (Å²) in [7, 11) is 4.07. The summed E-state index contributed by atoms with van der Waals surface area (Å²) in [5.74, 6) is 0.756. The Morgan fingerprint density at radius 3 is 2.67 bits per heavy atom. The van der Waals surface area contributed by atoms with Gasteiger partial charge in [-0.15, -0.1) is 4.37 Å². The lowest BCUT2D eigenvalue weighted by Gasteiger charge is -2.24. The van der Waals surface area contributed by atoms with Crippen molar-refractivity contribution in [3.8, 4) is 0 Å². The standard InChI is InChI=1S/C7H13N3OS/c1-4-5-10(2,3)6-8-7(11)12-9-6/h4-5H2,1-3H3/p+1. The maximum absolute atomic E-state index is 10.8. The molecular formula is C7H14N3OS+. The van der Waals surface area contributed by atoms with Crippen LogP contribution in [0.25, 0.3) is 0 Å². The lowest BCUT2D eigenvalue weighted by atomic mass is 10.4. The minimum atomic E-state index is -0.0766. The van der Waals surface area contributed by atoms with Crippen molar-refractivity contribution in [2.24, 2.45) is 0 Å². The van der Waals surface area contributed by atoms with E-state index in [1.165, 1.54) is 0 Å². The van der Waals surface area contributed by atoms with Crippen LogP contribution in [0.4, 0.5) is 5.95 Å². The highest BCUT2D eigenvalue weighted by Crippen LogP contribution is 2.11. The molecule has 0 bridgehead atoms. The van der Waals surface area contributed by atoms with Crippen LogP contribution in [0.3, 0.4) is 0 Å². The largest absolute Gasteiger partial charge is 0.328 e. The number of aromatic amines is 1. The molecule has 1 aromatic heterocycles. The van der Waals surface area contributed by atoms with Crippen LogP contribution < -0.4 is 9.36 Å². The van der Waals surface area contributed by atoms with Crippen LogP contribution in [0.2, 0.25) is 0 Å². The smallest absolute Gasteiger partial charge is 0.263 e. The number of H-pyrrole nitrogens is 1. The van der Waals surface area contributed by atoms with Crippen molar-refractivity contribution in [3.63, 3.8) is 0 Å². The Balaban J connectivity index is 2.88. The summed E-state index contributed by atoms with van der Waals surface area (Å²) in [6.45, 7) is 3.10. The number of hydrogen-bond donors (Lipinski definition) is 1. The lowest BCUT2D eigenvalue weighted by Crippen LogP contribution is -2.42. The van der Waals surface area contributed by atoms with E-state index in [0.29, 0.717) is 4.48 Å². The number of aromatic nitrogens is 2. The second-order valence-corrected chi connectivity index (χ2v) is 4.06. The topological polar surface area (TPSA) is 45.8 Å². The molecule has 0 saturated carbocycles. The normalized spacial score (nSPS) is 11.9. The molecule has 0 aliphatic rings. The predicted octanol–water partition coefficient (Wildman–Crippen LogP) is 0.808. The average Bonchev–Trinajstić information content (AvgIpc) is 2.36. The molecule has 12 heavy (non-hydrogen) atoms. The molecule has 5 heteroatoms. The van der Waals surface area contributed by atoms with E-state index in [2.05, 4.69) is 16.3 Å². The van der Waals surface area contributed by atoms with Crippen molar-refractivity contribution in [2.45, 2.75) is 13.3 Å². The first-order valence-electron chi connectivity index (χ1n) is 3.96. The highest BCUT2D eigenvalue weighted by Gasteiger charge is 2.21. The van der Waals surface area contributed by atoms with Crippen LogP contribution in [0.15, 0.2) is 4.79 Å². The number of quaternary nitrogens is 1.